The van der Waals surface area contributed by atoms with Crippen LogP contribution in [0.2, 0.25) is 25.7 Å². The largest absolute Gasteiger partial charge is 0.461 e. The maximum absolute atomic E-state index is 13.1. The maximum Gasteiger partial charge on any atom is 0.358 e. The Hall–Kier alpha value is -3.75. The summed E-state index contributed by atoms with van der Waals surface area (Å²) >= 11 is 3.16. The van der Waals surface area contributed by atoms with Crippen LogP contribution in [0.15, 0.2) is 65.7 Å². The van der Waals surface area contributed by atoms with Crippen molar-refractivity contribution in [2.45, 2.75) is 71.6 Å². The molecule has 0 unspecified atom stereocenters. The van der Waals surface area contributed by atoms with Gasteiger partial charge in [0.1, 0.15) is 6.73 Å². The second kappa shape index (κ2) is 16.1. The fraction of sp³-hybridized carbons (Fsp3) is 0.432. The zero-order valence-corrected chi connectivity index (χ0v) is 32.5. The van der Waals surface area contributed by atoms with Crippen molar-refractivity contribution in [2.24, 2.45) is 4.99 Å². The van der Waals surface area contributed by atoms with E-state index in [-0.39, 0.29) is 11.9 Å². The molecule has 0 saturated carbocycles. The molecule has 6 rings (SSSR count). The third-order valence-electron chi connectivity index (χ3n) is 8.90. The number of fused-ring (bicyclic) bond motifs is 1. The second-order valence-corrected chi connectivity index (χ2v) is 21.6. The highest BCUT2D eigenvalue weighted by Crippen LogP contribution is 2.39. The number of benzene rings is 2. The molecule has 1 aliphatic heterocycles. The number of hydrogen-bond donors (Lipinski definition) is 0. The Kier molecular flexibility index (Phi) is 11.6. The van der Waals surface area contributed by atoms with Crippen LogP contribution in [0.5, 0.6) is 0 Å². The Bertz CT molecular complexity index is 1980. The molecule has 3 aromatic heterocycles. The van der Waals surface area contributed by atoms with Crippen molar-refractivity contribution in [1.29, 1.82) is 0 Å². The summed E-state index contributed by atoms with van der Waals surface area (Å²) in [5.41, 5.74) is 3.71. The van der Waals surface area contributed by atoms with E-state index in [1.54, 1.807) is 22.7 Å². The summed E-state index contributed by atoms with van der Waals surface area (Å²) in [6, 6.07) is 22.0. The predicted octanol–water partition coefficient (Wildman–Crippen LogP) is 8.13. The Morgan fingerprint density at radius 1 is 1.04 bits per heavy atom. The molecule has 0 spiro atoms. The van der Waals surface area contributed by atoms with E-state index in [1.165, 1.54) is 5.56 Å². The number of anilines is 2. The fourth-order valence-electron chi connectivity index (χ4n) is 5.97. The Morgan fingerprint density at radius 2 is 1.78 bits per heavy atom. The number of piperidine rings is 1. The normalized spacial score (nSPS) is 14.8. The lowest BCUT2D eigenvalue weighted by Gasteiger charge is -2.31. The van der Waals surface area contributed by atoms with Crippen LogP contribution in [0, 0.1) is 6.92 Å². The van der Waals surface area contributed by atoms with Gasteiger partial charge in [0.15, 0.2) is 27.3 Å². The molecule has 264 valence electrons. The quantitative estimate of drug-likeness (QED) is 0.0681. The first kappa shape index (κ1) is 36.1. The fourth-order valence-corrected chi connectivity index (χ4v) is 8.94. The minimum absolute atomic E-state index is 0.239. The molecule has 10 nitrogen and oxygen atoms in total. The van der Waals surface area contributed by atoms with E-state index in [4.69, 9.17) is 19.5 Å². The molecule has 2 aromatic carbocycles. The van der Waals surface area contributed by atoms with Gasteiger partial charge in [-0.3, -0.25) is 9.47 Å². The lowest BCUT2D eigenvalue weighted by atomic mass is 9.94. The Labute approximate surface area is 303 Å². The van der Waals surface area contributed by atoms with Crippen LogP contribution < -0.4 is 9.70 Å². The number of aryl methyl sites for hydroxylation is 1. The molecule has 1 fully saturated rings. The van der Waals surface area contributed by atoms with Gasteiger partial charge in [0.25, 0.3) is 0 Å². The molecule has 0 bridgehead atoms. The standard InChI is InChI=1S/C37H47N7O3S2Si/c1-7-47-35(45)32-33(28-17-19-43(20-18-28)24-27-13-9-8-10-14-27)49-36(38-32)42(3)31-23-26(2)34(41-40-31)39-37-44(25-46-21-22-50(4,5)6)29-15-11-12-16-30(29)48-37/h8-16,23,28H,7,17-22,24-25H2,1-6H3/b39-37-. The summed E-state index contributed by atoms with van der Waals surface area (Å²) in [4.78, 5) is 29.1. The lowest BCUT2D eigenvalue weighted by Crippen LogP contribution is -2.32. The minimum Gasteiger partial charge on any atom is -0.461 e. The van der Waals surface area contributed by atoms with Crippen molar-refractivity contribution in [2.75, 3.05) is 38.3 Å². The van der Waals surface area contributed by atoms with Gasteiger partial charge in [-0.25, -0.2) is 9.78 Å². The van der Waals surface area contributed by atoms with E-state index in [0.29, 0.717) is 35.8 Å². The number of rotatable bonds is 13. The van der Waals surface area contributed by atoms with Crippen LogP contribution in [0.4, 0.5) is 16.8 Å². The lowest BCUT2D eigenvalue weighted by molar-refractivity contribution is 0.0518. The van der Waals surface area contributed by atoms with Crippen molar-refractivity contribution >= 4 is 63.7 Å². The van der Waals surface area contributed by atoms with Crippen LogP contribution in [0.25, 0.3) is 10.2 Å². The van der Waals surface area contributed by atoms with Gasteiger partial charge in [-0.15, -0.1) is 21.5 Å². The number of carbonyl (C=O) groups excluding carboxylic acids is 1. The molecule has 13 heteroatoms. The molecular formula is C37H47N7O3S2Si. The molecule has 0 N–H and O–H groups in total. The SMILES string of the molecule is CCOC(=O)c1nc(N(C)c2cc(C)c(/N=c3\sc4ccccc4n3COCC[Si](C)(C)C)nn2)sc1C1CCN(Cc2ccccc2)CC1. The van der Waals surface area contributed by atoms with Crippen molar-refractivity contribution in [3.05, 3.63) is 87.2 Å². The van der Waals surface area contributed by atoms with Crippen molar-refractivity contribution < 1.29 is 14.3 Å². The first-order chi connectivity index (χ1) is 24.1. The van der Waals surface area contributed by atoms with E-state index in [0.717, 1.165) is 70.6 Å². The topological polar surface area (TPSA) is 98.0 Å². The summed E-state index contributed by atoms with van der Waals surface area (Å²) in [5, 5.41) is 9.83. The monoisotopic (exact) mass is 729 g/mol. The number of esters is 1. The highest BCUT2D eigenvalue weighted by atomic mass is 32.1. The van der Waals surface area contributed by atoms with Crippen LogP contribution in [0.3, 0.4) is 0 Å². The smallest absolute Gasteiger partial charge is 0.358 e. The van der Waals surface area contributed by atoms with E-state index in [2.05, 4.69) is 81.8 Å². The summed E-state index contributed by atoms with van der Waals surface area (Å²) in [6.45, 7) is 15.2. The summed E-state index contributed by atoms with van der Waals surface area (Å²) < 4.78 is 14.9. The number of ether oxygens (including phenoxy) is 2. The summed E-state index contributed by atoms with van der Waals surface area (Å²) in [5.74, 6) is 1.05. The van der Waals surface area contributed by atoms with Gasteiger partial charge in [-0.2, -0.15) is 4.99 Å². The molecule has 1 saturated heterocycles. The van der Waals surface area contributed by atoms with Crippen LogP contribution in [0.1, 0.15) is 52.2 Å². The highest BCUT2D eigenvalue weighted by Gasteiger charge is 2.30. The van der Waals surface area contributed by atoms with Crippen LogP contribution in [-0.4, -0.2) is 72.0 Å². The number of para-hydroxylation sites is 1. The van der Waals surface area contributed by atoms with Crippen molar-refractivity contribution in [3.63, 3.8) is 0 Å². The van der Waals surface area contributed by atoms with Crippen LogP contribution in [-0.2, 0) is 22.7 Å². The zero-order valence-electron chi connectivity index (χ0n) is 29.9. The maximum atomic E-state index is 13.1. The number of thiazole rings is 2. The zero-order chi connectivity index (χ0) is 35.3. The molecule has 1 aliphatic rings. The summed E-state index contributed by atoms with van der Waals surface area (Å²) in [6.07, 6.45) is 1.92. The van der Waals surface area contributed by atoms with E-state index in [1.807, 2.05) is 44.0 Å². The van der Waals surface area contributed by atoms with Gasteiger partial charge in [0, 0.05) is 33.2 Å². The molecule has 0 amide bonds. The van der Waals surface area contributed by atoms with E-state index >= 15 is 0 Å². The van der Waals surface area contributed by atoms with Gasteiger partial charge in [-0.1, -0.05) is 73.4 Å². The Balaban J connectivity index is 1.22. The van der Waals surface area contributed by atoms with Gasteiger partial charge in [0.2, 0.25) is 0 Å². The van der Waals surface area contributed by atoms with Gasteiger partial charge < -0.3 is 14.4 Å². The minimum atomic E-state index is -1.20. The number of hydrogen-bond acceptors (Lipinski definition) is 11. The number of aromatic nitrogens is 4. The average Bonchev–Trinajstić information content (AvgIpc) is 3.70. The molecule has 5 aromatic rings. The molecule has 4 heterocycles. The number of likely N-dealkylation sites (tertiary alicyclic amines) is 1. The van der Waals surface area contributed by atoms with Gasteiger partial charge in [0.05, 0.1) is 16.8 Å². The molecule has 50 heavy (non-hydrogen) atoms. The third-order valence-corrected chi connectivity index (χ3v) is 13.0. The number of nitrogens with zero attached hydrogens (tertiary/aromatic N) is 7. The number of carbonyl (C=O) groups is 1. The van der Waals surface area contributed by atoms with Gasteiger partial charge in [-0.05, 0) is 81.1 Å². The first-order valence-corrected chi connectivity index (χ1v) is 22.7. The molecule has 0 atom stereocenters. The predicted molar refractivity (Wildman–Crippen MR) is 206 cm³/mol. The molecule has 0 radical (unpaired) electrons. The Morgan fingerprint density at radius 3 is 2.50 bits per heavy atom. The highest BCUT2D eigenvalue weighted by molar-refractivity contribution is 7.16. The second-order valence-electron chi connectivity index (χ2n) is 14.0. The first-order valence-electron chi connectivity index (χ1n) is 17.3. The summed E-state index contributed by atoms with van der Waals surface area (Å²) in [7, 11) is 0.719. The van der Waals surface area contributed by atoms with Crippen molar-refractivity contribution in [3.8, 4) is 0 Å². The van der Waals surface area contributed by atoms with Crippen LogP contribution >= 0.6 is 22.7 Å². The third kappa shape index (κ3) is 8.75. The van der Waals surface area contributed by atoms with Gasteiger partial charge >= 0.3 is 5.97 Å². The molecule has 0 aliphatic carbocycles. The van der Waals surface area contributed by atoms with E-state index in [9.17, 15) is 4.79 Å². The van der Waals surface area contributed by atoms with E-state index < -0.39 is 8.07 Å². The van der Waals surface area contributed by atoms with Crippen molar-refractivity contribution in [1.82, 2.24) is 24.6 Å². The molecular weight excluding hydrogens is 683 g/mol. The average molecular weight is 730 g/mol.